The number of nitrogens with one attached hydrogen (secondary N) is 2. The molecule has 0 bridgehead atoms. The van der Waals surface area contributed by atoms with Gasteiger partial charge >= 0.3 is 0 Å². The molecule has 0 saturated carbocycles. The number of guanidine groups is 1. The van der Waals surface area contributed by atoms with Gasteiger partial charge in [-0.05, 0) is 26.3 Å². The van der Waals surface area contributed by atoms with Gasteiger partial charge in [-0.3, -0.25) is 9.69 Å². The number of rotatable bonds is 11. The van der Waals surface area contributed by atoms with Gasteiger partial charge in [-0.25, -0.2) is 4.99 Å². The smallest absolute Gasteiger partial charge is 0.243 e. The van der Waals surface area contributed by atoms with Crippen molar-refractivity contribution < 1.29 is 9.53 Å². The second-order valence-corrected chi connectivity index (χ2v) is 7.23. The van der Waals surface area contributed by atoms with Crippen LogP contribution >= 0.6 is 0 Å². The first kappa shape index (κ1) is 22.7. The molecule has 0 radical (unpaired) electrons. The van der Waals surface area contributed by atoms with Crippen LogP contribution in [0, 0.1) is 0 Å². The number of likely N-dealkylation sites (N-methyl/N-ethyl adjacent to an activating group) is 1. The molecule has 152 valence electrons. The van der Waals surface area contributed by atoms with Crippen LogP contribution in [-0.2, 0) is 9.53 Å². The van der Waals surface area contributed by atoms with E-state index in [0.29, 0.717) is 6.04 Å². The maximum atomic E-state index is 11.8. The van der Waals surface area contributed by atoms with Crippen LogP contribution in [-0.4, -0.2) is 87.7 Å². The van der Waals surface area contributed by atoms with E-state index in [0.717, 1.165) is 58.2 Å². The minimum Gasteiger partial charge on any atom is -0.379 e. The molecule has 26 heavy (non-hydrogen) atoms. The molecule has 1 amide bonds. The summed E-state index contributed by atoms with van der Waals surface area (Å²) in [5, 5.41) is 6.83. The van der Waals surface area contributed by atoms with E-state index in [1.807, 2.05) is 0 Å². The summed E-state index contributed by atoms with van der Waals surface area (Å²) in [6.45, 7) is 10.2. The molecule has 1 aliphatic rings. The minimum atomic E-state index is 0.0121. The van der Waals surface area contributed by atoms with E-state index in [2.05, 4.69) is 34.4 Å². The third kappa shape index (κ3) is 10.6. The Bertz CT molecular complexity index is 409. The Labute approximate surface area is 159 Å². The third-order valence-corrected chi connectivity index (χ3v) is 4.54. The quantitative estimate of drug-likeness (QED) is 0.326. The Hall–Kier alpha value is -1.34. The highest BCUT2D eigenvalue weighted by Crippen LogP contribution is 2.03. The second kappa shape index (κ2) is 13.8. The molecule has 2 N–H and O–H groups in total. The van der Waals surface area contributed by atoms with Gasteiger partial charge in [0.05, 0.1) is 13.2 Å². The van der Waals surface area contributed by atoms with Crippen molar-refractivity contribution in [2.45, 2.75) is 52.0 Å². The molecule has 0 spiro atoms. The van der Waals surface area contributed by atoms with E-state index >= 15 is 0 Å². The van der Waals surface area contributed by atoms with Crippen LogP contribution < -0.4 is 10.6 Å². The Morgan fingerprint density at radius 1 is 1.23 bits per heavy atom. The Balaban J connectivity index is 2.39. The summed E-state index contributed by atoms with van der Waals surface area (Å²) in [5.41, 5.74) is 0. The molecule has 0 aromatic rings. The average Bonchev–Trinajstić information content (AvgIpc) is 2.63. The minimum absolute atomic E-state index is 0.0121. The molecule has 0 aliphatic carbocycles. The first-order valence-electron chi connectivity index (χ1n) is 10.1. The predicted octanol–water partition coefficient (Wildman–Crippen LogP) is 1.30. The van der Waals surface area contributed by atoms with E-state index < -0.39 is 0 Å². The van der Waals surface area contributed by atoms with Crippen LogP contribution in [0.25, 0.3) is 0 Å². The summed E-state index contributed by atoms with van der Waals surface area (Å²) in [6, 6.07) is 0.349. The Morgan fingerprint density at radius 2 is 1.96 bits per heavy atom. The molecular weight excluding hydrogens is 330 g/mol. The largest absolute Gasteiger partial charge is 0.379 e. The van der Waals surface area contributed by atoms with E-state index in [-0.39, 0.29) is 12.5 Å². The number of nitrogens with zero attached hydrogens (tertiary/aromatic N) is 3. The normalized spacial score (nSPS) is 17.0. The van der Waals surface area contributed by atoms with Gasteiger partial charge in [0.25, 0.3) is 0 Å². The van der Waals surface area contributed by atoms with Crippen LogP contribution in [0.1, 0.15) is 46.0 Å². The molecule has 1 rings (SSSR count). The van der Waals surface area contributed by atoms with Gasteiger partial charge in [0.2, 0.25) is 5.91 Å². The molecule has 0 aromatic carbocycles. The van der Waals surface area contributed by atoms with Crippen LogP contribution in [0.3, 0.4) is 0 Å². The summed E-state index contributed by atoms with van der Waals surface area (Å²) >= 11 is 0. The standard InChI is InChI=1S/C19H39N5O2/c1-5-6-7-9-17(2)22-19(21-16-18(25)23(3)4)20-10-8-11-24-12-14-26-15-13-24/h17H,5-16H2,1-4H3,(H2,20,21,22). The maximum absolute atomic E-state index is 11.8. The number of aliphatic imine (C=N–C) groups is 1. The number of carbonyl (C=O) groups excluding carboxylic acids is 1. The van der Waals surface area contributed by atoms with Crippen molar-refractivity contribution >= 4 is 11.9 Å². The van der Waals surface area contributed by atoms with Gasteiger partial charge in [0.1, 0.15) is 6.54 Å². The summed E-state index contributed by atoms with van der Waals surface area (Å²) in [6.07, 6.45) is 5.86. The lowest BCUT2D eigenvalue weighted by Gasteiger charge is -2.26. The average molecular weight is 370 g/mol. The number of ether oxygens (including phenoxy) is 1. The molecule has 1 saturated heterocycles. The zero-order valence-electron chi connectivity index (χ0n) is 17.2. The molecule has 0 aromatic heterocycles. The fourth-order valence-electron chi connectivity index (χ4n) is 2.78. The number of morpholine rings is 1. The van der Waals surface area contributed by atoms with Crippen LogP contribution in [0.15, 0.2) is 4.99 Å². The van der Waals surface area contributed by atoms with Crippen molar-refractivity contribution in [2.24, 2.45) is 4.99 Å². The molecule has 7 nitrogen and oxygen atoms in total. The Kier molecular flexibility index (Phi) is 12.1. The maximum Gasteiger partial charge on any atom is 0.243 e. The van der Waals surface area contributed by atoms with Crippen LogP contribution in [0.5, 0.6) is 0 Å². The molecular formula is C19H39N5O2. The fraction of sp³-hybridized carbons (Fsp3) is 0.895. The fourth-order valence-corrected chi connectivity index (χ4v) is 2.78. The number of carbonyl (C=O) groups is 1. The van der Waals surface area contributed by atoms with Crippen molar-refractivity contribution in [1.82, 2.24) is 20.4 Å². The summed E-state index contributed by atoms with van der Waals surface area (Å²) < 4.78 is 5.38. The highest BCUT2D eigenvalue weighted by atomic mass is 16.5. The van der Waals surface area contributed by atoms with E-state index in [9.17, 15) is 4.79 Å². The monoisotopic (exact) mass is 369 g/mol. The second-order valence-electron chi connectivity index (χ2n) is 7.23. The third-order valence-electron chi connectivity index (χ3n) is 4.54. The highest BCUT2D eigenvalue weighted by Gasteiger charge is 2.10. The lowest BCUT2D eigenvalue weighted by Crippen LogP contribution is -2.44. The topological polar surface area (TPSA) is 69.2 Å². The van der Waals surface area contributed by atoms with E-state index in [1.165, 1.54) is 19.3 Å². The molecule has 1 heterocycles. The van der Waals surface area contributed by atoms with Crippen molar-refractivity contribution in [3.05, 3.63) is 0 Å². The first-order valence-corrected chi connectivity index (χ1v) is 10.1. The molecule has 1 unspecified atom stereocenters. The molecule has 1 atom stereocenters. The van der Waals surface area contributed by atoms with Gasteiger partial charge in [-0.1, -0.05) is 26.2 Å². The van der Waals surface area contributed by atoms with Gasteiger partial charge in [0.15, 0.2) is 5.96 Å². The summed E-state index contributed by atoms with van der Waals surface area (Å²) in [5.74, 6) is 0.754. The summed E-state index contributed by atoms with van der Waals surface area (Å²) in [4.78, 5) is 20.3. The van der Waals surface area contributed by atoms with Crippen molar-refractivity contribution in [1.29, 1.82) is 0 Å². The lowest BCUT2D eigenvalue weighted by molar-refractivity contribution is -0.127. The highest BCUT2D eigenvalue weighted by molar-refractivity contribution is 5.84. The SMILES string of the molecule is CCCCCC(C)NC(=NCC(=O)N(C)C)NCCCN1CCOCC1. The molecule has 1 fully saturated rings. The van der Waals surface area contributed by atoms with E-state index in [4.69, 9.17) is 4.74 Å². The summed E-state index contributed by atoms with van der Waals surface area (Å²) in [7, 11) is 3.52. The van der Waals surface area contributed by atoms with Gasteiger partial charge in [-0.2, -0.15) is 0 Å². The van der Waals surface area contributed by atoms with Crippen molar-refractivity contribution in [3.8, 4) is 0 Å². The zero-order chi connectivity index (χ0) is 19.2. The van der Waals surface area contributed by atoms with Crippen molar-refractivity contribution in [2.75, 3.05) is 60.0 Å². The van der Waals surface area contributed by atoms with Gasteiger partial charge < -0.3 is 20.3 Å². The number of amides is 1. The number of hydrogen-bond donors (Lipinski definition) is 2. The zero-order valence-corrected chi connectivity index (χ0v) is 17.2. The number of unbranched alkanes of at least 4 members (excludes halogenated alkanes) is 2. The molecule has 1 aliphatic heterocycles. The van der Waals surface area contributed by atoms with Gasteiger partial charge in [-0.15, -0.1) is 0 Å². The molecule has 7 heteroatoms. The van der Waals surface area contributed by atoms with E-state index in [1.54, 1.807) is 19.0 Å². The number of hydrogen-bond acceptors (Lipinski definition) is 4. The lowest BCUT2D eigenvalue weighted by atomic mass is 10.1. The van der Waals surface area contributed by atoms with Crippen molar-refractivity contribution in [3.63, 3.8) is 0 Å². The first-order chi connectivity index (χ1) is 12.5. The Morgan fingerprint density at radius 3 is 2.62 bits per heavy atom. The van der Waals surface area contributed by atoms with Crippen LogP contribution in [0.2, 0.25) is 0 Å². The van der Waals surface area contributed by atoms with Gasteiger partial charge in [0, 0.05) is 39.8 Å². The van der Waals surface area contributed by atoms with Crippen LogP contribution in [0.4, 0.5) is 0 Å². The predicted molar refractivity (Wildman–Crippen MR) is 108 cm³/mol.